The highest BCUT2D eigenvalue weighted by Gasteiger charge is 2.41. The minimum Gasteiger partial charge on any atom is -0.395 e. The van der Waals surface area contributed by atoms with E-state index in [1.807, 2.05) is 0 Å². The zero-order chi connectivity index (χ0) is 13.6. The van der Waals surface area contributed by atoms with Crippen LogP contribution in [0.15, 0.2) is 17.1 Å². The van der Waals surface area contributed by atoms with Crippen LogP contribution in [0.5, 0.6) is 0 Å². The van der Waals surface area contributed by atoms with Gasteiger partial charge in [-0.15, -0.1) is 0 Å². The Morgan fingerprint density at radius 2 is 2.26 bits per heavy atom. The summed E-state index contributed by atoms with van der Waals surface area (Å²) in [6.45, 7) is 0.381. The van der Waals surface area contributed by atoms with E-state index in [4.69, 9.17) is 16.3 Å². The van der Waals surface area contributed by atoms with Gasteiger partial charge in [-0.2, -0.15) is 0 Å². The topological polar surface area (TPSA) is 75.2 Å². The van der Waals surface area contributed by atoms with Crippen molar-refractivity contribution in [2.75, 3.05) is 19.8 Å². The first kappa shape index (κ1) is 12.5. The van der Waals surface area contributed by atoms with Crippen LogP contribution in [0, 0.1) is 5.82 Å². The summed E-state index contributed by atoms with van der Waals surface area (Å²) >= 11 is 5.62. The molecule has 1 saturated heterocycles. The monoisotopic (exact) mass is 284 g/mol. The van der Waals surface area contributed by atoms with Gasteiger partial charge in [0.05, 0.1) is 30.6 Å². The molecule has 0 unspecified atom stereocenters. The van der Waals surface area contributed by atoms with Gasteiger partial charge in [-0.1, -0.05) is 11.6 Å². The van der Waals surface area contributed by atoms with E-state index < -0.39 is 16.8 Å². The van der Waals surface area contributed by atoms with E-state index in [2.05, 4.69) is 9.97 Å². The molecule has 0 bridgehead atoms. The van der Waals surface area contributed by atoms with Crippen LogP contribution in [0.25, 0.3) is 10.8 Å². The minimum atomic E-state index is -0.736. The summed E-state index contributed by atoms with van der Waals surface area (Å²) in [5.41, 5.74) is -0.689. The Kier molecular flexibility index (Phi) is 2.81. The van der Waals surface area contributed by atoms with Crippen LogP contribution >= 0.6 is 11.6 Å². The smallest absolute Gasteiger partial charge is 0.257 e. The van der Waals surface area contributed by atoms with Crippen LogP contribution in [0.2, 0.25) is 5.15 Å². The molecule has 7 heteroatoms. The number of aromatic nitrogens is 2. The van der Waals surface area contributed by atoms with Crippen molar-refractivity contribution in [2.45, 2.75) is 5.41 Å². The van der Waals surface area contributed by atoms with Crippen LogP contribution in [0.3, 0.4) is 0 Å². The maximum Gasteiger partial charge on any atom is 0.257 e. The molecule has 5 nitrogen and oxygen atoms in total. The highest BCUT2D eigenvalue weighted by atomic mass is 35.5. The maximum absolute atomic E-state index is 13.9. The highest BCUT2D eigenvalue weighted by Crippen LogP contribution is 2.32. The minimum absolute atomic E-state index is 0.0958. The van der Waals surface area contributed by atoms with Gasteiger partial charge in [-0.3, -0.25) is 4.79 Å². The molecule has 0 saturated carbocycles. The van der Waals surface area contributed by atoms with E-state index in [0.29, 0.717) is 5.69 Å². The Hall–Kier alpha value is -1.50. The van der Waals surface area contributed by atoms with Crippen molar-refractivity contribution in [2.24, 2.45) is 0 Å². The summed E-state index contributed by atoms with van der Waals surface area (Å²) < 4.78 is 19.0. The van der Waals surface area contributed by atoms with Gasteiger partial charge in [0.1, 0.15) is 0 Å². The fourth-order valence-electron chi connectivity index (χ4n) is 2.14. The van der Waals surface area contributed by atoms with Crippen molar-refractivity contribution >= 4 is 22.4 Å². The molecule has 19 heavy (non-hydrogen) atoms. The number of ether oxygens (including phenoxy) is 1. The SMILES string of the molecule is O=c1[nH]c(C2(CO)COC2)cc2c(F)c(Cl)ncc12. The van der Waals surface area contributed by atoms with Crippen molar-refractivity contribution in [3.8, 4) is 0 Å². The largest absolute Gasteiger partial charge is 0.395 e. The van der Waals surface area contributed by atoms with E-state index in [0.717, 1.165) is 0 Å². The third-order valence-electron chi connectivity index (χ3n) is 3.43. The Labute approximate surface area is 112 Å². The van der Waals surface area contributed by atoms with Gasteiger partial charge in [-0.05, 0) is 6.07 Å². The van der Waals surface area contributed by atoms with Crippen molar-refractivity contribution in [1.82, 2.24) is 9.97 Å². The number of fused-ring (bicyclic) bond motifs is 1. The molecule has 0 atom stereocenters. The Bertz CT molecular complexity index is 706. The number of nitrogens with one attached hydrogen (secondary N) is 1. The highest BCUT2D eigenvalue weighted by molar-refractivity contribution is 6.30. The molecule has 1 aliphatic heterocycles. The predicted octanol–water partition coefficient (Wildman–Crippen LogP) is 0.976. The van der Waals surface area contributed by atoms with Crippen molar-refractivity contribution < 1.29 is 14.2 Å². The number of aromatic amines is 1. The first-order valence-electron chi connectivity index (χ1n) is 5.63. The predicted molar refractivity (Wildman–Crippen MR) is 66.9 cm³/mol. The van der Waals surface area contributed by atoms with Crippen LogP contribution in [-0.2, 0) is 10.2 Å². The number of hydrogen-bond donors (Lipinski definition) is 2. The van der Waals surface area contributed by atoms with Crippen LogP contribution in [0.4, 0.5) is 4.39 Å². The Morgan fingerprint density at radius 3 is 2.84 bits per heavy atom. The summed E-state index contributed by atoms with van der Waals surface area (Å²) in [7, 11) is 0. The third kappa shape index (κ3) is 1.75. The lowest BCUT2D eigenvalue weighted by molar-refractivity contribution is -0.0862. The Morgan fingerprint density at radius 1 is 1.53 bits per heavy atom. The molecule has 0 aromatic carbocycles. The molecule has 1 aliphatic rings. The zero-order valence-corrected chi connectivity index (χ0v) is 10.5. The number of nitrogens with zero attached hydrogens (tertiary/aromatic N) is 1. The number of rotatable bonds is 2. The average Bonchev–Trinajstić information content (AvgIpc) is 2.34. The molecule has 100 valence electrons. The lowest BCUT2D eigenvalue weighted by atomic mass is 9.82. The molecule has 0 spiro atoms. The lowest BCUT2D eigenvalue weighted by Crippen LogP contribution is -2.50. The van der Waals surface area contributed by atoms with Gasteiger partial charge in [-0.25, -0.2) is 9.37 Å². The quantitative estimate of drug-likeness (QED) is 0.806. The molecule has 2 aromatic rings. The second-order valence-corrected chi connectivity index (χ2v) is 4.99. The zero-order valence-electron chi connectivity index (χ0n) is 9.74. The molecule has 0 amide bonds. The first-order valence-corrected chi connectivity index (χ1v) is 6.01. The van der Waals surface area contributed by atoms with Gasteiger partial charge in [0.25, 0.3) is 5.56 Å². The molecule has 0 aliphatic carbocycles. The van der Waals surface area contributed by atoms with Crippen molar-refractivity contribution in [3.05, 3.63) is 39.3 Å². The van der Waals surface area contributed by atoms with Gasteiger partial charge in [0, 0.05) is 17.3 Å². The third-order valence-corrected chi connectivity index (χ3v) is 3.69. The summed E-state index contributed by atoms with van der Waals surface area (Å²) in [6.07, 6.45) is 1.23. The van der Waals surface area contributed by atoms with E-state index in [1.54, 1.807) is 0 Å². The molecule has 3 rings (SSSR count). The van der Waals surface area contributed by atoms with E-state index in [1.165, 1.54) is 12.3 Å². The van der Waals surface area contributed by atoms with E-state index in [-0.39, 0.29) is 35.7 Å². The van der Waals surface area contributed by atoms with Crippen molar-refractivity contribution in [1.29, 1.82) is 0 Å². The number of aliphatic hydroxyl groups excluding tert-OH is 1. The summed E-state index contributed by atoms with van der Waals surface area (Å²) in [4.78, 5) is 18.2. The Balaban J connectivity index is 2.29. The number of pyridine rings is 2. The van der Waals surface area contributed by atoms with Gasteiger partial charge in [0.15, 0.2) is 11.0 Å². The summed E-state index contributed by atoms with van der Waals surface area (Å²) in [6, 6.07) is 1.48. The normalized spacial score (nSPS) is 17.4. The van der Waals surface area contributed by atoms with Gasteiger partial charge in [0.2, 0.25) is 0 Å². The van der Waals surface area contributed by atoms with Crippen molar-refractivity contribution in [3.63, 3.8) is 0 Å². The number of aliphatic hydroxyl groups is 1. The molecular formula is C12H10ClFN2O3. The van der Waals surface area contributed by atoms with Gasteiger partial charge >= 0.3 is 0 Å². The second kappa shape index (κ2) is 4.26. The van der Waals surface area contributed by atoms with E-state index >= 15 is 0 Å². The number of halogens is 2. The molecule has 3 heterocycles. The molecule has 0 radical (unpaired) electrons. The summed E-state index contributed by atoms with van der Waals surface area (Å²) in [5, 5.41) is 9.38. The van der Waals surface area contributed by atoms with Crippen LogP contribution in [-0.4, -0.2) is 34.9 Å². The second-order valence-electron chi connectivity index (χ2n) is 4.63. The fourth-order valence-corrected chi connectivity index (χ4v) is 2.29. The molecule has 1 fully saturated rings. The average molecular weight is 285 g/mol. The molecule has 2 N–H and O–H groups in total. The number of hydrogen-bond acceptors (Lipinski definition) is 4. The van der Waals surface area contributed by atoms with Crippen LogP contribution < -0.4 is 5.56 Å². The fraction of sp³-hybridized carbons (Fsp3) is 0.333. The first-order chi connectivity index (χ1) is 9.07. The summed E-state index contributed by atoms with van der Waals surface area (Å²) in [5.74, 6) is -0.736. The van der Waals surface area contributed by atoms with E-state index in [9.17, 15) is 14.3 Å². The molecule has 2 aromatic heterocycles. The lowest BCUT2D eigenvalue weighted by Gasteiger charge is -2.39. The standard InChI is InChI=1S/C12H10ClFN2O3/c13-10-9(14)6-1-8(12(3-17)4-19-5-12)16-11(18)7(6)2-15-10/h1-2,17H,3-5H2,(H,16,18). The maximum atomic E-state index is 13.9. The molecular weight excluding hydrogens is 275 g/mol. The van der Waals surface area contributed by atoms with Gasteiger partial charge < -0.3 is 14.8 Å². The van der Waals surface area contributed by atoms with Crippen LogP contribution in [0.1, 0.15) is 5.69 Å². The number of H-pyrrole nitrogens is 1.